The Morgan fingerprint density at radius 2 is 1.64 bits per heavy atom. The quantitative estimate of drug-likeness (QED) is 0.320. The Morgan fingerprint density at radius 1 is 0.944 bits per heavy atom. The fourth-order valence-electron chi connectivity index (χ4n) is 4.28. The molecule has 4 rings (SSSR count). The van der Waals surface area contributed by atoms with Crippen molar-refractivity contribution < 1.29 is 14.4 Å². The highest BCUT2D eigenvalue weighted by Crippen LogP contribution is 2.17. The standard InChI is InChI=1S/C29H32N4O3/c1-3-32(21-22-11-6-5-7-12-22)20-10-19-30-28(34)27-25-13-8-9-14-26(25)29(35)33(31-27)23-15-17-24(18-16-23)36-4-2/h5-9,11-18H,3-4,10,19-21H2,1-2H3,(H,30,34)/p+1. The summed E-state index contributed by atoms with van der Waals surface area (Å²) in [5, 5.41) is 8.49. The molecule has 0 aliphatic rings. The number of ether oxygens (including phenoxy) is 1. The third-order valence-electron chi connectivity index (χ3n) is 6.20. The van der Waals surface area contributed by atoms with Crippen LogP contribution >= 0.6 is 0 Å². The molecular weight excluding hydrogens is 452 g/mol. The van der Waals surface area contributed by atoms with E-state index in [9.17, 15) is 9.59 Å². The van der Waals surface area contributed by atoms with Gasteiger partial charge in [-0.1, -0.05) is 48.5 Å². The van der Waals surface area contributed by atoms with E-state index in [1.807, 2.05) is 19.1 Å². The summed E-state index contributed by atoms with van der Waals surface area (Å²) in [7, 11) is 0. The number of hydrogen-bond acceptors (Lipinski definition) is 4. The first kappa shape index (κ1) is 25.1. The van der Waals surface area contributed by atoms with Crippen molar-refractivity contribution >= 4 is 16.7 Å². The lowest BCUT2D eigenvalue weighted by atomic mass is 10.1. The summed E-state index contributed by atoms with van der Waals surface area (Å²) in [5.74, 6) is 0.426. The van der Waals surface area contributed by atoms with Crippen molar-refractivity contribution in [3.63, 3.8) is 0 Å². The Bertz CT molecular complexity index is 1350. The second kappa shape index (κ2) is 12.1. The third kappa shape index (κ3) is 5.98. The average molecular weight is 486 g/mol. The van der Waals surface area contributed by atoms with Gasteiger partial charge in [0.1, 0.15) is 12.3 Å². The summed E-state index contributed by atoms with van der Waals surface area (Å²) in [6, 6.07) is 24.7. The van der Waals surface area contributed by atoms with E-state index in [1.165, 1.54) is 15.1 Å². The number of carbonyl (C=O) groups is 1. The molecule has 7 heteroatoms. The predicted octanol–water partition coefficient (Wildman–Crippen LogP) is 3.01. The SMILES string of the molecule is CCOc1ccc(-n2nc(C(=O)NCCC[NH+](CC)Cc3ccccc3)c3ccccc3c2=O)cc1. The lowest BCUT2D eigenvalue weighted by Gasteiger charge is -2.18. The second-order valence-corrected chi connectivity index (χ2v) is 8.66. The van der Waals surface area contributed by atoms with Gasteiger partial charge in [-0.25, -0.2) is 0 Å². The van der Waals surface area contributed by atoms with Crippen molar-refractivity contribution in [3.05, 3.63) is 100 Å². The van der Waals surface area contributed by atoms with Gasteiger partial charge in [0.15, 0.2) is 5.69 Å². The molecule has 186 valence electrons. The van der Waals surface area contributed by atoms with Crippen LogP contribution in [0.15, 0.2) is 83.7 Å². The highest BCUT2D eigenvalue weighted by atomic mass is 16.5. The Hall–Kier alpha value is -3.97. The molecule has 0 aliphatic heterocycles. The van der Waals surface area contributed by atoms with E-state index in [-0.39, 0.29) is 17.2 Å². The van der Waals surface area contributed by atoms with Gasteiger partial charge in [-0.15, -0.1) is 0 Å². The van der Waals surface area contributed by atoms with E-state index < -0.39 is 0 Å². The van der Waals surface area contributed by atoms with Crippen LogP contribution < -0.4 is 20.5 Å². The Kier molecular flexibility index (Phi) is 8.47. The van der Waals surface area contributed by atoms with Crippen molar-refractivity contribution in [2.45, 2.75) is 26.8 Å². The molecular formula is C29H33N4O3+. The number of amides is 1. The number of nitrogens with zero attached hydrogens (tertiary/aromatic N) is 2. The van der Waals surface area contributed by atoms with Crippen LogP contribution in [0.5, 0.6) is 5.75 Å². The van der Waals surface area contributed by atoms with E-state index in [0.717, 1.165) is 26.1 Å². The first-order valence-corrected chi connectivity index (χ1v) is 12.5. The molecule has 0 spiro atoms. The van der Waals surface area contributed by atoms with Crippen LogP contribution in [0.3, 0.4) is 0 Å². The molecule has 0 aliphatic carbocycles. The Balaban J connectivity index is 1.48. The zero-order valence-corrected chi connectivity index (χ0v) is 20.9. The number of benzene rings is 3. The highest BCUT2D eigenvalue weighted by molar-refractivity contribution is 6.04. The minimum atomic E-state index is -0.285. The van der Waals surface area contributed by atoms with Crippen LogP contribution in [0.2, 0.25) is 0 Å². The lowest BCUT2D eigenvalue weighted by Crippen LogP contribution is -3.10. The summed E-state index contributed by atoms with van der Waals surface area (Å²) in [4.78, 5) is 27.8. The number of aromatic nitrogens is 2. The molecule has 4 aromatic rings. The fourth-order valence-corrected chi connectivity index (χ4v) is 4.28. The number of carbonyl (C=O) groups excluding carboxylic acids is 1. The zero-order valence-electron chi connectivity index (χ0n) is 20.9. The topological polar surface area (TPSA) is 77.7 Å². The summed E-state index contributed by atoms with van der Waals surface area (Å²) in [5.41, 5.74) is 1.86. The normalized spacial score (nSPS) is 11.8. The maximum Gasteiger partial charge on any atom is 0.279 e. The predicted molar refractivity (Wildman–Crippen MR) is 142 cm³/mol. The molecule has 1 aromatic heterocycles. The first-order valence-electron chi connectivity index (χ1n) is 12.5. The minimum absolute atomic E-state index is 0.239. The minimum Gasteiger partial charge on any atom is -0.494 e. The van der Waals surface area contributed by atoms with Crippen molar-refractivity contribution in [1.29, 1.82) is 0 Å². The summed E-state index contributed by atoms with van der Waals surface area (Å²) in [6.45, 7) is 8.12. The van der Waals surface area contributed by atoms with E-state index in [1.54, 1.807) is 42.5 Å². The van der Waals surface area contributed by atoms with Gasteiger partial charge in [-0.3, -0.25) is 9.59 Å². The summed E-state index contributed by atoms with van der Waals surface area (Å²) >= 11 is 0. The van der Waals surface area contributed by atoms with E-state index in [0.29, 0.717) is 35.4 Å². The van der Waals surface area contributed by atoms with Crippen LogP contribution in [0.1, 0.15) is 36.3 Å². The molecule has 2 N–H and O–H groups in total. The number of fused-ring (bicyclic) bond motifs is 1. The fraction of sp³-hybridized carbons (Fsp3) is 0.276. The molecule has 7 nitrogen and oxygen atoms in total. The van der Waals surface area contributed by atoms with Gasteiger partial charge in [0.25, 0.3) is 11.5 Å². The molecule has 1 amide bonds. The van der Waals surface area contributed by atoms with Gasteiger partial charge in [-0.2, -0.15) is 9.78 Å². The molecule has 0 radical (unpaired) electrons. The summed E-state index contributed by atoms with van der Waals surface area (Å²) < 4.78 is 6.79. The molecule has 0 fully saturated rings. The third-order valence-corrected chi connectivity index (χ3v) is 6.20. The molecule has 0 saturated carbocycles. The number of nitrogens with one attached hydrogen (secondary N) is 2. The Labute approximate surface area is 211 Å². The van der Waals surface area contributed by atoms with Crippen LogP contribution in [0.4, 0.5) is 0 Å². The van der Waals surface area contributed by atoms with Crippen LogP contribution in [0, 0.1) is 0 Å². The highest BCUT2D eigenvalue weighted by Gasteiger charge is 2.17. The molecule has 0 bridgehead atoms. The van der Waals surface area contributed by atoms with Crippen LogP contribution in [0.25, 0.3) is 16.5 Å². The van der Waals surface area contributed by atoms with Crippen molar-refractivity contribution in [2.75, 3.05) is 26.2 Å². The average Bonchev–Trinajstić information content (AvgIpc) is 2.92. The molecule has 1 atom stereocenters. The summed E-state index contributed by atoms with van der Waals surface area (Å²) in [6.07, 6.45) is 0.845. The number of hydrogen-bond donors (Lipinski definition) is 2. The van der Waals surface area contributed by atoms with Crippen molar-refractivity contribution in [1.82, 2.24) is 15.1 Å². The largest absolute Gasteiger partial charge is 0.494 e. The monoisotopic (exact) mass is 485 g/mol. The molecule has 1 unspecified atom stereocenters. The van der Waals surface area contributed by atoms with E-state index in [4.69, 9.17) is 4.74 Å². The first-order chi connectivity index (χ1) is 17.6. The molecule has 36 heavy (non-hydrogen) atoms. The van der Waals surface area contributed by atoms with Crippen LogP contribution in [-0.4, -0.2) is 41.9 Å². The van der Waals surface area contributed by atoms with E-state index in [2.05, 4.69) is 41.6 Å². The molecule has 3 aromatic carbocycles. The zero-order chi connectivity index (χ0) is 25.3. The van der Waals surface area contributed by atoms with Gasteiger partial charge in [0.2, 0.25) is 0 Å². The number of rotatable bonds is 11. The van der Waals surface area contributed by atoms with Gasteiger partial charge in [0, 0.05) is 23.9 Å². The maximum atomic E-state index is 13.2. The lowest BCUT2D eigenvalue weighted by molar-refractivity contribution is -0.912. The van der Waals surface area contributed by atoms with E-state index >= 15 is 0 Å². The van der Waals surface area contributed by atoms with Gasteiger partial charge >= 0.3 is 0 Å². The van der Waals surface area contributed by atoms with Crippen LogP contribution in [-0.2, 0) is 6.54 Å². The van der Waals surface area contributed by atoms with Gasteiger partial charge in [-0.05, 0) is 44.2 Å². The molecule has 1 heterocycles. The molecule has 0 saturated heterocycles. The second-order valence-electron chi connectivity index (χ2n) is 8.66. The number of quaternary nitrogens is 1. The maximum absolute atomic E-state index is 13.2. The van der Waals surface area contributed by atoms with Gasteiger partial charge in [0.05, 0.1) is 30.8 Å². The van der Waals surface area contributed by atoms with Crippen molar-refractivity contribution in [2.24, 2.45) is 0 Å². The van der Waals surface area contributed by atoms with Crippen molar-refractivity contribution in [3.8, 4) is 11.4 Å². The Morgan fingerprint density at radius 3 is 2.33 bits per heavy atom. The van der Waals surface area contributed by atoms with Gasteiger partial charge < -0.3 is 15.0 Å². The smallest absolute Gasteiger partial charge is 0.279 e.